The molecule has 0 aliphatic rings. The van der Waals surface area contributed by atoms with Crippen molar-refractivity contribution < 1.29 is 39.9 Å². The molecule has 2 aromatic rings. The molecule has 5 nitrogen and oxygen atoms in total. The zero-order valence-corrected chi connectivity index (χ0v) is 15.6. The van der Waals surface area contributed by atoms with Crippen LogP contribution in [0.15, 0.2) is 29.2 Å². The summed E-state index contributed by atoms with van der Waals surface area (Å²) in [7, 11) is -3.55. The van der Waals surface area contributed by atoms with Crippen LogP contribution in [0, 0.1) is 0 Å². The summed E-state index contributed by atoms with van der Waals surface area (Å²) < 4.78 is 102. The molecule has 1 aromatic carbocycles. The Balaban J connectivity index is 2.71. The van der Waals surface area contributed by atoms with Gasteiger partial charge < -0.3 is 10.1 Å². The molecule has 0 spiro atoms. The lowest BCUT2D eigenvalue weighted by atomic mass is 10.0. The standard InChI is InChI=1S/C16H16F6N2O3S/c1-8(2)11-12(9-4-6-10(7-5-9)28(3,26)27)24-13(23-11)14(25,15(17,18)19)16(20,21)22/h4-8,25H,1-3H3,(H,23,24). The maximum atomic E-state index is 13.1. The summed E-state index contributed by atoms with van der Waals surface area (Å²) >= 11 is 0. The molecule has 0 bridgehead atoms. The fourth-order valence-electron chi connectivity index (χ4n) is 2.49. The third-order valence-electron chi connectivity index (χ3n) is 4.01. The Morgan fingerprint density at radius 1 is 1.00 bits per heavy atom. The van der Waals surface area contributed by atoms with Gasteiger partial charge in [0.15, 0.2) is 15.7 Å². The number of H-pyrrole nitrogens is 1. The number of alkyl halides is 6. The van der Waals surface area contributed by atoms with Crippen molar-refractivity contribution in [2.75, 3.05) is 6.26 Å². The minimum Gasteiger partial charge on any atom is -0.367 e. The van der Waals surface area contributed by atoms with E-state index in [9.17, 15) is 39.9 Å². The van der Waals surface area contributed by atoms with Crippen LogP contribution in [0.1, 0.15) is 31.3 Å². The number of halogens is 6. The Labute approximate surface area is 156 Å². The van der Waals surface area contributed by atoms with Gasteiger partial charge in [0.1, 0.15) is 0 Å². The first-order valence-electron chi connectivity index (χ1n) is 7.77. The monoisotopic (exact) mass is 430 g/mol. The smallest absolute Gasteiger partial charge is 0.367 e. The number of aromatic amines is 1. The normalized spacial score (nSPS) is 14.0. The molecule has 0 unspecified atom stereocenters. The summed E-state index contributed by atoms with van der Waals surface area (Å²) in [5.41, 5.74) is -5.40. The van der Waals surface area contributed by atoms with E-state index >= 15 is 0 Å². The van der Waals surface area contributed by atoms with Crippen LogP contribution in [0.3, 0.4) is 0 Å². The van der Waals surface area contributed by atoms with Gasteiger partial charge in [0, 0.05) is 6.26 Å². The number of imidazole rings is 1. The number of hydrogen-bond acceptors (Lipinski definition) is 4. The maximum absolute atomic E-state index is 13.1. The molecule has 0 atom stereocenters. The molecule has 2 N–H and O–H groups in total. The predicted octanol–water partition coefficient (Wildman–Crippen LogP) is 3.92. The average Bonchev–Trinajstić information content (AvgIpc) is 2.96. The highest BCUT2D eigenvalue weighted by Gasteiger charge is 2.73. The fraction of sp³-hybridized carbons (Fsp3) is 0.438. The van der Waals surface area contributed by atoms with Crippen LogP contribution in [0.5, 0.6) is 0 Å². The van der Waals surface area contributed by atoms with Gasteiger partial charge in [0.05, 0.1) is 16.3 Å². The van der Waals surface area contributed by atoms with Gasteiger partial charge >= 0.3 is 18.0 Å². The first kappa shape index (κ1) is 22.2. The lowest BCUT2D eigenvalue weighted by Crippen LogP contribution is -2.54. The molecule has 0 aliphatic heterocycles. The molecule has 1 aromatic heterocycles. The number of aromatic nitrogens is 2. The molecule has 0 saturated carbocycles. The molecule has 2 rings (SSSR count). The molecule has 0 radical (unpaired) electrons. The lowest BCUT2D eigenvalue weighted by Gasteiger charge is -2.30. The Kier molecular flexibility index (Phi) is 5.36. The molecular weight excluding hydrogens is 414 g/mol. The highest BCUT2D eigenvalue weighted by molar-refractivity contribution is 7.90. The second-order valence-corrected chi connectivity index (χ2v) is 8.52. The van der Waals surface area contributed by atoms with E-state index in [4.69, 9.17) is 0 Å². The average molecular weight is 430 g/mol. The summed E-state index contributed by atoms with van der Waals surface area (Å²) in [5, 5.41) is 9.55. The summed E-state index contributed by atoms with van der Waals surface area (Å²) in [6.07, 6.45) is -11.2. The van der Waals surface area contributed by atoms with Crippen LogP contribution in [0.4, 0.5) is 26.3 Å². The molecule has 28 heavy (non-hydrogen) atoms. The summed E-state index contributed by atoms with van der Waals surface area (Å²) in [5.74, 6) is -2.31. The van der Waals surface area contributed by atoms with Gasteiger partial charge in [0.2, 0.25) is 0 Å². The van der Waals surface area contributed by atoms with E-state index < -0.39 is 39.5 Å². The van der Waals surface area contributed by atoms with Crippen molar-refractivity contribution in [1.82, 2.24) is 9.97 Å². The van der Waals surface area contributed by atoms with Crippen molar-refractivity contribution in [3.05, 3.63) is 35.8 Å². The Morgan fingerprint density at radius 3 is 1.82 bits per heavy atom. The molecule has 0 fully saturated rings. The van der Waals surface area contributed by atoms with Crippen LogP contribution in [-0.4, -0.2) is 42.1 Å². The SMILES string of the molecule is CC(C)c1nc(C(O)(C(F)(F)F)C(F)(F)F)[nH]c1-c1ccc(S(C)(=O)=O)cc1. The van der Waals surface area contributed by atoms with Crippen molar-refractivity contribution in [1.29, 1.82) is 0 Å². The first-order valence-corrected chi connectivity index (χ1v) is 9.66. The van der Waals surface area contributed by atoms with E-state index in [0.29, 0.717) is 0 Å². The summed E-state index contributed by atoms with van der Waals surface area (Å²) in [6.45, 7) is 2.99. The molecule has 0 saturated heterocycles. The van der Waals surface area contributed by atoms with Crippen LogP contribution >= 0.6 is 0 Å². The van der Waals surface area contributed by atoms with Gasteiger partial charge in [-0.05, 0) is 23.6 Å². The van der Waals surface area contributed by atoms with Crippen LogP contribution in [0.2, 0.25) is 0 Å². The van der Waals surface area contributed by atoms with Gasteiger partial charge in [-0.1, -0.05) is 26.0 Å². The highest BCUT2D eigenvalue weighted by atomic mass is 32.2. The number of nitrogens with one attached hydrogen (secondary N) is 1. The fourth-order valence-corrected chi connectivity index (χ4v) is 3.12. The largest absolute Gasteiger partial charge is 0.433 e. The van der Waals surface area contributed by atoms with Crippen molar-refractivity contribution in [2.45, 2.75) is 42.6 Å². The lowest BCUT2D eigenvalue weighted by molar-refractivity contribution is -0.378. The van der Waals surface area contributed by atoms with E-state index in [0.717, 1.165) is 18.4 Å². The van der Waals surface area contributed by atoms with Crippen LogP contribution in [0.25, 0.3) is 11.3 Å². The van der Waals surface area contributed by atoms with E-state index in [-0.39, 0.29) is 21.8 Å². The number of aliphatic hydroxyl groups is 1. The Hall–Kier alpha value is -2.08. The number of hydrogen-bond donors (Lipinski definition) is 2. The molecule has 1 heterocycles. The predicted molar refractivity (Wildman–Crippen MR) is 87.2 cm³/mol. The van der Waals surface area contributed by atoms with E-state index in [1.54, 1.807) is 0 Å². The van der Waals surface area contributed by atoms with Crippen molar-refractivity contribution in [3.63, 3.8) is 0 Å². The van der Waals surface area contributed by atoms with E-state index in [1.165, 1.54) is 26.0 Å². The van der Waals surface area contributed by atoms with Crippen molar-refractivity contribution in [3.8, 4) is 11.3 Å². The molecule has 0 amide bonds. The second kappa shape index (κ2) is 6.76. The molecule has 0 aliphatic carbocycles. The van der Waals surface area contributed by atoms with Gasteiger partial charge in [0.25, 0.3) is 0 Å². The first-order chi connectivity index (χ1) is 12.5. The van der Waals surface area contributed by atoms with E-state index in [2.05, 4.69) is 4.98 Å². The molecule has 156 valence electrons. The van der Waals surface area contributed by atoms with Gasteiger partial charge in [-0.25, -0.2) is 13.4 Å². The zero-order chi connectivity index (χ0) is 21.7. The Morgan fingerprint density at radius 2 is 1.46 bits per heavy atom. The third kappa shape index (κ3) is 3.75. The molecule has 12 heteroatoms. The van der Waals surface area contributed by atoms with Gasteiger partial charge in [-0.2, -0.15) is 26.3 Å². The minimum absolute atomic E-state index is 0.0795. The zero-order valence-electron chi connectivity index (χ0n) is 14.8. The summed E-state index contributed by atoms with van der Waals surface area (Å²) in [4.78, 5) is 5.26. The van der Waals surface area contributed by atoms with Crippen LogP contribution in [-0.2, 0) is 15.4 Å². The highest BCUT2D eigenvalue weighted by Crippen LogP contribution is 2.49. The van der Waals surface area contributed by atoms with Crippen molar-refractivity contribution in [2.24, 2.45) is 0 Å². The molecular formula is C16H16F6N2O3S. The number of benzene rings is 1. The second-order valence-electron chi connectivity index (χ2n) is 6.50. The van der Waals surface area contributed by atoms with Crippen molar-refractivity contribution >= 4 is 9.84 Å². The maximum Gasteiger partial charge on any atom is 0.433 e. The van der Waals surface area contributed by atoms with Crippen LogP contribution < -0.4 is 0 Å². The Bertz CT molecular complexity index is 946. The number of rotatable bonds is 4. The quantitative estimate of drug-likeness (QED) is 0.721. The van der Waals surface area contributed by atoms with Gasteiger partial charge in [-0.15, -0.1) is 0 Å². The van der Waals surface area contributed by atoms with Gasteiger partial charge in [-0.3, -0.25) is 0 Å². The van der Waals surface area contributed by atoms with E-state index in [1.807, 2.05) is 4.98 Å². The number of nitrogens with zero attached hydrogens (tertiary/aromatic N) is 1. The minimum atomic E-state index is -6.07. The third-order valence-corrected chi connectivity index (χ3v) is 5.14. The number of sulfone groups is 1. The topological polar surface area (TPSA) is 83.1 Å². The summed E-state index contributed by atoms with van der Waals surface area (Å²) in [6, 6.07) is 4.77.